The molecule has 6 heteroatoms. The summed E-state index contributed by atoms with van der Waals surface area (Å²) in [6, 6.07) is 3.00. The number of anilines is 1. The summed E-state index contributed by atoms with van der Waals surface area (Å²) in [5.41, 5.74) is 6.68. The zero-order valence-electron chi connectivity index (χ0n) is 10.9. The summed E-state index contributed by atoms with van der Waals surface area (Å²) in [5, 5.41) is 0.335. The third-order valence-corrected chi connectivity index (χ3v) is 5.24. The molecule has 0 spiro atoms. The van der Waals surface area contributed by atoms with Gasteiger partial charge in [-0.1, -0.05) is 24.4 Å². The minimum atomic E-state index is -3.53. The average molecular weight is 303 g/mol. The molecule has 106 valence electrons. The van der Waals surface area contributed by atoms with Crippen LogP contribution in [0.4, 0.5) is 5.69 Å². The van der Waals surface area contributed by atoms with Gasteiger partial charge in [-0.05, 0) is 43.4 Å². The summed E-state index contributed by atoms with van der Waals surface area (Å²) in [5.74, 6) is 0.813. The zero-order chi connectivity index (χ0) is 14.0. The maximum Gasteiger partial charge on any atom is 0.240 e. The van der Waals surface area contributed by atoms with Crippen LogP contribution in [0.5, 0.6) is 0 Å². The Hall–Kier alpha value is -0.780. The normalized spacial score (nSPS) is 15.7. The van der Waals surface area contributed by atoms with Crippen LogP contribution in [-0.2, 0) is 10.0 Å². The molecule has 0 bridgehead atoms. The minimum Gasteiger partial charge on any atom is -0.398 e. The van der Waals surface area contributed by atoms with Gasteiger partial charge in [0.2, 0.25) is 10.0 Å². The van der Waals surface area contributed by atoms with Gasteiger partial charge < -0.3 is 5.73 Å². The Kier molecular flexibility index (Phi) is 4.38. The van der Waals surface area contributed by atoms with Crippen LogP contribution < -0.4 is 10.5 Å². The number of nitrogens with one attached hydrogen (secondary N) is 1. The van der Waals surface area contributed by atoms with E-state index in [4.69, 9.17) is 17.3 Å². The van der Waals surface area contributed by atoms with E-state index in [1.54, 1.807) is 13.0 Å². The molecule has 19 heavy (non-hydrogen) atoms. The largest absolute Gasteiger partial charge is 0.398 e. The smallest absolute Gasteiger partial charge is 0.240 e. The van der Waals surface area contributed by atoms with Gasteiger partial charge in [0, 0.05) is 17.3 Å². The third-order valence-electron chi connectivity index (χ3n) is 3.43. The van der Waals surface area contributed by atoms with Crippen molar-refractivity contribution in [2.45, 2.75) is 37.5 Å². The second-order valence-electron chi connectivity index (χ2n) is 5.10. The summed E-state index contributed by atoms with van der Waals surface area (Å²) < 4.78 is 27.0. The van der Waals surface area contributed by atoms with Gasteiger partial charge >= 0.3 is 0 Å². The summed E-state index contributed by atoms with van der Waals surface area (Å²) in [4.78, 5) is 0.170. The van der Waals surface area contributed by atoms with E-state index in [1.807, 2.05) is 0 Å². The Balaban J connectivity index is 2.05. The Bertz CT molecular complexity index is 568. The molecule has 0 aliphatic heterocycles. The van der Waals surface area contributed by atoms with Crippen LogP contribution in [0, 0.1) is 12.8 Å². The van der Waals surface area contributed by atoms with E-state index in [2.05, 4.69) is 4.72 Å². The van der Waals surface area contributed by atoms with E-state index >= 15 is 0 Å². The van der Waals surface area contributed by atoms with Crippen molar-refractivity contribution >= 4 is 27.3 Å². The Morgan fingerprint density at radius 2 is 2.11 bits per heavy atom. The number of nitrogens with two attached hydrogens (primary N) is 1. The zero-order valence-corrected chi connectivity index (χ0v) is 12.5. The van der Waals surface area contributed by atoms with Gasteiger partial charge in [0.15, 0.2) is 0 Å². The lowest BCUT2D eigenvalue weighted by Gasteiger charge is -2.11. The van der Waals surface area contributed by atoms with E-state index in [0.717, 1.165) is 18.8 Å². The van der Waals surface area contributed by atoms with Crippen LogP contribution in [0.1, 0.15) is 31.2 Å². The fourth-order valence-corrected chi connectivity index (χ4v) is 3.70. The van der Waals surface area contributed by atoms with Crippen LogP contribution in [0.2, 0.25) is 5.02 Å². The molecule has 0 atom stereocenters. The van der Waals surface area contributed by atoms with Crippen molar-refractivity contribution in [3.05, 3.63) is 22.7 Å². The van der Waals surface area contributed by atoms with Crippen molar-refractivity contribution < 1.29 is 8.42 Å². The molecular weight excluding hydrogens is 284 g/mol. The first-order chi connectivity index (χ1) is 8.90. The van der Waals surface area contributed by atoms with Crippen molar-refractivity contribution in [2.75, 3.05) is 12.3 Å². The van der Waals surface area contributed by atoms with Gasteiger partial charge in [-0.15, -0.1) is 0 Å². The fraction of sp³-hybridized carbons (Fsp3) is 0.538. The standard InChI is InChI=1S/C13H19ClN2O2S/c1-9-12(15)7-11(14)8-13(9)19(17,18)16-6-2-3-10-4-5-10/h7-8,10,16H,2-6,15H2,1H3. The molecule has 0 heterocycles. The molecule has 1 saturated carbocycles. The van der Waals surface area contributed by atoms with Crippen LogP contribution in [0.25, 0.3) is 0 Å². The van der Waals surface area contributed by atoms with Gasteiger partial charge in [-0.3, -0.25) is 0 Å². The molecule has 1 aromatic rings. The average Bonchev–Trinajstić information content (AvgIpc) is 3.13. The van der Waals surface area contributed by atoms with Crippen LogP contribution in [0.3, 0.4) is 0 Å². The van der Waals surface area contributed by atoms with E-state index in [9.17, 15) is 8.42 Å². The number of benzene rings is 1. The van der Waals surface area contributed by atoms with Crippen molar-refractivity contribution in [1.82, 2.24) is 4.72 Å². The van der Waals surface area contributed by atoms with Crippen molar-refractivity contribution in [3.63, 3.8) is 0 Å². The first kappa shape index (κ1) is 14.6. The summed E-state index contributed by atoms with van der Waals surface area (Å²) in [7, 11) is -3.53. The molecule has 1 aliphatic carbocycles. The number of rotatable bonds is 6. The molecule has 4 nitrogen and oxygen atoms in total. The quantitative estimate of drug-likeness (QED) is 0.627. The molecule has 3 N–H and O–H groups in total. The first-order valence-corrected chi connectivity index (χ1v) is 8.31. The number of hydrogen-bond acceptors (Lipinski definition) is 3. The maximum absolute atomic E-state index is 12.2. The highest BCUT2D eigenvalue weighted by Crippen LogP contribution is 2.33. The highest BCUT2D eigenvalue weighted by atomic mass is 35.5. The van der Waals surface area contributed by atoms with E-state index in [1.165, 1.54) is 18.9 Å². The second-order valence-corrected chi connectivity index (χ2v) is 7.27. The lowest BCUT2D eigenvalue weighted by atomic mass is 10.2. The lowest BCUT2D eigenvalue weighted by Crippen LogP contribution is -2.25. The predicted molar refractivity (Wildman–Crippen MR) is 77.7 cm³/mol. The third kappa shape index (κ3) is 3.84. The second kappa shape index (κ2) is 5.69. The van der Waals surface area contributed by atoms with Crippen molar-refractivity contribution in [2.24, 2.45) is 5.92 Å². The molecule has 1 fully saturated rings. The summed E-state index contributed by atoms with van der Waals surface area (Å²) in [6.07, 6.45) is 4.55. The van der Waals surface area contributed by atoms with Crippen LogP contribution in [-0.4, -0.2) is 15.0 Å². The van der Waals surface area contributed by atoms with Gasteiger partial charge in [-0.2, -0.15) is 0 Å². The van der Waals surface area contributed by atoms with Gasteiger partial charge in [0.25, 0.3) is 0 Å². The van der Waals surface area contributed by atoms with E-state index < -0.39 is 10.0 Å². The first-order valence-electron chi connectivity index (χ1n) is 6.45. The molecule has 0 aromatic heterocycles. The lowest BCUT2D eigenvalue weighted by molar-refractivity contribution is 0.572. The minimum absolute atomic E-state index is 0.170. The van der Waals surface area contributed by atoms with Crippen LogP contribution in [0.15, 0.2) is 17.0 Å². The molecule has 0 unspecified atom stereocenters. The van der Waals surface area contributed by atoms with E-state index in [0.29, 0.717) is 22.8 Å². The predicted octanol–water partition coefficient (Wildman–Crippen LogP) is 2.70. The molecule has 0 radical (unpaired) electrons. The summed E-state index contributed by atoms with van der Waals surface area (Å²) in [6.45, 7) is 2.15. The van der Waals surface area contributed by atoms with Crippen molar-refractivity contribution in [1.29, 1.82) is 0 Å². The Labute approximate surface area is 119 Å². The fourth-order valence-electron chi connectivity index (χ4n) is 2.03. The van der Waals surface area contributed by atoms with E-state index in [-0.39, 0.29) is 4.90 Å². The molecule has 2 rings (SSSR count). The molecular formula is C13H19ClN2O2S. The van der Waals surface area contributed by atoms with Gasteiger partial charge in [-0.25, -0.2) is 13.1 Å². The van der Waals surface area contributed by atoms with Crippen molar-refractivity contribution in [3.8, 4) is 0 Å². The molecule has 1 aromatic carbocycles. The monoisotopic (exact) mass is 302 g/mol. The SMILES string of the molecule is Cc1c(N)cc(Cl)cc1S(=O)(=O)NCCCC1CC1. The number of nitrogen functional groups attached to an aromatic ring is 1. The number of halogens is 1. The summed E-state index contributed by atoms with van der Waals surface area (Å²) >= 11 is 5.87. The Morgan fingerprint density at radius 1 is 1.42 bits per heavy atom. The van der Waals surface area contributed by atoms with Crippen LogP contribution >= 0.6 is 11.6 Å². The highest BCUT2D eigenvalue weighted by Gasteiger charge is 2.22. The number of hydrogen-bond donors (Lipinski definition) is 2. The highest BCUT2D eigenvalue weighted by molar-refractivity contribution is 7.89. The number of sulfonamides is 1. The molecule has 0 amide bonds. The Morgan fingerprint density at radius 3 is 2.74 bits per heavy atom. The van der Waals surface area contributed by atoms with Gasteiger partial charge in [0.05, 0.1) is 4.90 Å². The van der Waals surface area contributed by atoms with Gasteiger partial charge in [0.1, 0.15) is 0 Å². The molecule has 0 saturated heterocycles. The topological polar surface area (TPSA) is 72.2 Å². The molecule has 1 aliphatic rings. The maximum atomic E-state index is 12.2.